The Morgan fingerprint density at radius 3 is 2.72 bits per heavy atom. The van der Waals surface area contributed by atoms with Crippen LogP contribution in [0.3, 0.4) is 0 Å². The number of nitrogens with zero attached hydrogens (tertiary/aromatic N) is 3. The molecule has 6 nitrogen and oxygen atoms in total. The van der Waals surface area contributed by atoms with Crippen LogP contribution in [0.15, 0.2) is 71.5 Å². The average molecular weight is 332 g/mol. The molecule has 4 rings (SSSR count). The molecule has 4 aromatic rings. The summed E-state index contributed by atoms with van der Waals surface area (Å²) >= 11 is 0. The molecule has 6 heteroatoms. The summed E-state index contributed by atoms with van der Waals surface area (Å²) in [6.45, 7) is 0. The zero-order valence-corrected chi connectivity index (χ0v) is 13.4. The van der Waals surface area contributed by atoms with Crippen molar-refractivity contribution in [2.45, 2.75) is 12.8 Å². The number of carbonyl (C=O) groups is 1. The largest absolute Gasteiger partial charge is 0.441 e. The van der Waals surface area contributed by atoms with Crippen molar-refractivity contribution in [1.29, 1.82) is 0 Å². The minimum atomic E-state index is -0.123. The van der Waals surface area contributed by atoms with Gasteiger partial charge in [0, 0.05) is 18.4 Å². The van der Waals surface area contributed by atoms with Crippen molar-refractivity contribution in [1.82, 2.24) is 14.6 Å². The zero-order valence-electron chi connectivity index (χ0n) is 13.4. The number of oxazole rings is 1. The Kier molecular flexibility index (Phi) is 4.00. The molecule has 2 aromatic carbocycles. The Balaban J connectivity index is 1.38. The molecule has 0 aliphatic rings. The lowest BCUT2D eigenvalue weighted by atomic mass is 10.2. The van der Waals surface area contributed by atoms with Gasteiger partial charge in [0.05, 0.1) is 17.2 Å². The van der Waals surface area contributed by atoms with Gasteiger partial charge in [-0.2, -0.15) is 0 Å². The van der Waals surface area contributed by atoms with E-state index in [0.29, 0.717) is 18.1 Å². The average Bonchev–Trinajstić information content (AvgIpc) is 3.28. The summed E-state index contributed by atoms with van der Waals surface area (Å²) in [5.74, 6) is 1.13. The molecular weight excluding hydrogens is 316 g/mol. The SMILES string of the molecule is O=C(CCc1ncc(-c2ccccc2)o1)Nn1cnc2ccccc21. The molecule has 1 amide bonds. The summed E-state index contributed by atoms with van der Waals surface area (Å²) in [6, 6.07) is 17.4. The van der Waals surface area contributed by atoms with E-state index in [-0.39, 0.29) is 12.3 Å². The van der Waals surface area contributed by atoms with E-state index >= 15 is 0 Å². The maximum atomic E-state index is 12.2. The lowest BCUT2D eigenvalue weighted by Crippen LogP contribution is -2.22. The number of hydrogen-bond donors (Lipinski definition) is 1. The summed E-state index contributed by atoms with van der Waals surface area (Å²) in [5.41, 5.74) is 5.48. The minimum Gasteiger partial charge on any atom is -0.441 e. The summed E-state index contributed by atoms with van der Waals surface area (Å²) in [4.78, 5) is 20.7. The molecule has 0 saturated carbocycles. The van der Waals surface area contributed by atoms with Gasteiger partial charge in [-0.1, -0.05) is 42.5 Å². The summed E-state index contributed by atoms with van der Waals surface area (Å²) in [6.07, 6.45) is 4.00. The van der Waals surface area contributed by atoms with Crippen LogP contribution in [0.5, 0.6) is 0 Å². The second-order valence-corrected chi connectivity index (χ2v) is 5.62. The Labute approximate surface area is 144 Å². The van der Waals surface area contributed by atoms with Crippen LogP contribution in [0.25, 0.3) is 22.4 Å². The lowest BCUT2D eigenvalue weighted by Gasteiger charge is -2.06. The highest BCUT2D eigenvalue weighted by molar-refractivity contribution is 5.86. The molecule has 0 bridgehead atoms. The number of aromatic nitrogens is 3. The van der Waals surface area contributed by atoms with Gasteiger partial charge in [0.25, 0.3) is 0 Å². The topological polar surface area (TPSA) is 73.0 Å². The van der Waals surface area contributed by atoms with Gasteiger partial charge in [-0.3, -0.25) is 10.2 Å². The predicted molar refractivity (Wildman–Crippen MR) is 94.4 cm³/mol. The molecule has 0 atom stereocenters. The summed E-state index contributed by atoms with van der Waals surface area (Å²) < 4.78 is 7.34. The van der Waals surface area contributed by atoms with Crippen molar-refractivity contribution in [3.63, 3.8) is 0 Å². The van der Waals surface area contributed by atoms with Crippen LogP contribution in [0, 0.1) is 0 Å². The van der Waals surface area contributed by atoms with E-state index in [1.54, 1.807) is 17.2 Å². The quantitative estimate of drug-likeness (QED) is 0.608. The van der Waals surface area contributed by atoms with Gasteiger partial charge in [0.15, 0.2) is 11.7 Å². The first-order valence-corrected chi connectivity index (χ1v) is 8.02. The highest BCUT2D eigenvalue weighted by Crippen LogP contribution is 2.20. The van der Waals surface area contributed by atoms with Gasteiger partial charge in [-0.15, -0.1) is 0 Å². The molecule has 0 aliphatic carbocycles. The molecule has 0 unspecified atom stereocenters. The number of para-hydroxylation sites is 2. The molecule has 0 fully saturated rings. The first-order valence-electron chi connectivity index (χ1n) is 8.02. The van der Waals surface area contributed by atoms with Gasteiger partial charge < -0.3 is 4.42 Å². The fourth-order valence-corrected chi connectivity index (χ4v) is 2.62. The minimum absolute atomic E-state index is 0.123. The standard InChI is InChI=1S/C19H16N4O2/c24-18(22-23-13-21-15-8-4-5-9-16(15)23)10-11-19-20-12-17(25-19)14-6-2-1-3-7-14/h1-9,12-13H,10-11H2,(H,22,24). The number of hydrogen-bond acceptors (Lipinski definition) is 4. The number of amides is 1. The third-order valence-electron chi connectivity index (χ3n) is 3.88. The van der Waals surface area contributed by atoms with Crippen LogP contribution < -0.4 is 5.43 Å². The molecule has 25 heavy (non-hydrogen) atoms. The Bertz CT molecular complexity index is 1000. The Morgan fingerprint density at radius 1 is 1.04 bits per heavy atom. The van der Waals surface area contributed by atoms with E-state index in [1.807, 2.05) is 54.6 Å². The van der Waals surface area contributed by atoms with Crippen molar-refractivity contribution in [3.05, 3.63) is 73.0 Å². The third-order valence-corrected chi connectivity index (χ3v) is 3.88. The number of fused-ring (bicyclic) bond motifs is 1. The van der Waals surface area contributed by atoms with E-state index in [1.165, 1.54) is 0 Å². The number of rotatable bonds is 5. The fraction of sp³-hybridized carbons (Fsp3) is 0.105. The molecule has 2 heterocycles. The number of carbonyl (C=O) groups excluding carboxylic acids is 1. The van der Waals surface area contributed by atoms with Gasteiger partial charge in [0.1, 0.15) is 6.33 Å². The lowest BCUT2D eigenvalue weighted by molar-refractivity contribution is -0.117. The highest BCUT2D eigenvalue weighted by atomic mass is 16.4. The smallest absolute Gasteiger partial charge is 0.239 e. The predicted octanol–water partition coefficient (Wildman–Crippen LogP) is 3.39. The maximum absolute atomic E-state index is 12.2. The van der Waals surface area contributed by atoms with Crippen molar-refractivity contribution >= 4 is 16.9 Å². The van der Waals surface area contributed by atoms with Crippen molar-refractivity contribution in [2.24, 2.45) is 0 Å². The Morgan fingerprint density at radius 2 is 1.84 bits per heavy atom. The first-order chi connectivity index (χ1) is 12.3. The van der Waals surface area contributed by atoms with Gasteiger partial charge in [-0.25, -0.2) is 14.6 Å². The summed E-state index contributed by atoms with van der Waals surface area (Å²) in [5, 5.41) is 0. The van der Waals surface area contributed by atoms with E-state index < -0.39 is 0 Å². The zero-order chi connectivity index (χ0) is 17.1. The maximum Gasteiger partial charge on any atom is 0.239 e. The van der Waals surface area contributed by atoms with Crippen molar-refractivity contribution in [2.75, 3.05) is 5.43 Å². The van der Waals surface area contributed by atoms with E-state index in [9.17, 15) is 4.79 Å². The molecule has 2 aromatic heterocycles. The number of nitrogens with one attached hydrogen (secondary N) is 1. The van der Waals surface area contributed by atoms with Crippen molar-refractivity contribution < 1.29 is 9.21 Å². The molecule has 124 valence electrons. The van der Waals surface area contributed by atoms with Crippen LogP contribution in [0.1, 0.15) is 12.3 Å². The Hall–Kier alpha value is -3.41. The number of benzene rings is 2. The molecule has 0 aliphatic heterocycles. The molecule has 0 spiro atoms. The van der Waals surface area contributed by atoms with Gasteiger partial charge >= 0.3 is 0 Å². The first kappa shape index (κ1) is 15.1. The van der Waals surface area contributed by atoms with Crippen LogP contribution in [-0.2, 0) is 11.2 Å². The van der Waals surface area contributed by atoms with E-state index in [2.05, 4.69) is 15.4 Å². The molecule has 0 saturated heterocycles. The monoisotopic (exact) mass is 332 g/mol. The summed E-state index contributed by atoms with van der Waals surface area (Å²) in [7, 11) is 0. The second kappa shape index (κ2) is 6.60. The third kappa shape index (κ3) is 3.28. The number of aryl methyl sites for hydroxylation is 1. The number of imidazole rings is 1. The highest BCUT2D eigenvalue weighted by Gasteiger charge is 2.10. The van der Waals surface area contributed by atoms with Crippen LogP contribution >= 0.6 is 0 Å². The van der Waals surface area contributed by atoms with Gasteiger partial charge in [0.2, 0.25) is 5.91 Å². The van der Waals surface area contributed by atoms with Crippen LogP contribution in [-0.4, -0.2) is 20.6 Å². The van der Waals surface area contributed by atoms with Crippen molar-refractivity contribution in [3.8, 4) is 11.3 Å². The van der Waals surface area contributed by atoms with Gasteiger partial charge in [-0.05, 0) is 12.1 Å². The molecule has 1 N–H and O–H groups in total. The van der Waals surface area contributed by atoms with E-state index in [4.69, 9.17) is 4.42 Å². The molecular formula is C19H16N4O2. The van der Waals surface area contributed by atoms with Crippen LogP contribution in [0.4, 0.5) is 0 Å². The fourth-order valence-electron chi connectivity index (χ4n) is 2.62. The molecule has 0 radical (unpaired) electrons. The normalized spacial score (nSPS) is 10.9. The second-order valence-electron chi connectivity index (χ2n) is 5.62. The van der Waals surface area contributed by atoms with Crippen LogP contribution in [0.2, 0.25) is 0 Å². The van der Waals surface area contributed by atoms with E-state index in [0.717, 1.165) is 16.6 Å².